The first-order chi connectivity index (χ1) is 10.3. The molecule has 0 atom stereocenters. The Morgan fingerprint density at radius 3 is 2.24 bits per heavy atom. The van der Waals surface area contributed by atoms with Crippen LogP contribution in [0.1, 0.15) is 22.8 Å². The first-order valence-electron chi connectivity index (χ1n) is 6.95. The van der Waals surface area contributed by atoms with Crippen molar-refractivity contribution in [3.63, 3.8) is 0 Å². The molecule has 0 aliphatic carbocycles. The minimum absolute atomic E-state index is 0.0702. The van der Waals surface area contributed by atoms with E-state index in [9.17, 15) is 4.79 Å². The third kappa shape index (κ3) is 2.79. The summed E-state index contributed by atoms with van der Waals surface area (Å²) in [5, 5.41) is 1.91. The molecular formula is C19H16O2. The van der Waals surface area contributed by atoms with Gasteiger partial charge < -0.3 is 4.74 Å². The number of Topliss-reactive ketones (excluding diaryl/α,β-unsaturated/α-hetero) is 1. The van der Waals surface area contributed by atoms with E-state index in [4.69, 9.17) is 4.74 Å². The Labute approximate surface area is 124 Å². The molecule has 3 aromatic carbocycles. The molecule has 0 N–H and O–H groups in total. The van der Waals surface area contributed by atoms with Gasteiger partial charge in [-0.25, -0.2) is 0 Å². The fourth-order valence-electron chi connectivity index (χ4n) is 2.44. The smallest absolute Gasteiger partial charge is 0.160 e. The fourth-order valence-corrected chi connectivity index (χ4v) is 2.44. The first kappa shape index (κ1) is 13.4. The summed E-state index contributed by atoms with van der Waals surface area (Å²) in [6, 6.07) is 21.6. The highest BCUT2D eigenvalue weighted by atomic mass is 16.5. The van der Waals surface area contributed by atoms with E-state index in [1.165, 1.54) is 0 Å². The van der Waals surface area contributed by atoms with Crippen molar-refractivity contribution in [2.45, 2.75) is 13.5 Å². The third-order valence-corrected chi connectivity index (χ3v) is 3.50. The van der Waals surface area contributed by atoms with Gasteiger partial charge in [-0.15, -0.1) is 0 Å². The predicted octanol–water partition coefficient (Wildman–Crippen LogP) is 4.62. The molecule has 104 valence electrons. The number of rotatable bonds is 4. The Bertz CT molecular complexity index is 776. The Hall–Kier alpha value is -2.61. The zero-order valence-corrected chi connectivity index (χ0v) is 11.9. The van der Waals surface area contributed by atoms with Gasteiger partial charge in [0.2, 0.25) is 0 Å². The van der Waals surface area contributed by atoms with E-state index in [0.717, 1.165) is 27.6 Å². The van der Waals surface area contributed by atoms with Crippen molar-refractivity contribution < 1.29 is 9.53 Å². The van der Waals surface area contributed by atoms with E-state index in [0.29, 0.717) is 6.61 Å². The average Bonchev–Trinajstić information content (AvgIpc) is 2.53. The molecule has 0 unspecified atom stereocenters. The monoisotopic (exact) mass is 276 g/mol. The number of hydrogen-bond donors (Lipinski definition) is 0. The van der Waals surface area contributed by atoms with Gasteiger partial charge in [0, 0.05) is 10.9 Å². The minimum atomic E-state index is 0.0702. The normalized spacial score (nSPS) is 10.5. The second-order valence-corrected chi connectivity index (χ2v) is 4.99. The van der Waals surface area contributed by atoms with Crippen LogP contribution in [0.15, 0.2) is 66.7 Å². The van der Waals surface area contributed by atoms with Crippen LogP contribution in [-0.2, 0) is 6.61 Å². The van der Waals surface area contributed by atoms with Crippen molar-refractivity contribution in [3.05, 3.63) is 77.9 Å². The van der Waals surface area contributed by atoms with Crippen molar-refractivity contribution in [2.75, 3.05) is 0 Å². The van der Waals surface area contributed by atoms with E-state index < -0.39 is 0 Å². The van der Waals surface area contributed by atoms with Crippen LogP contribution in [0.2, 0.25) is 0 Å². The quantitative estimate of drug-likeness (QED) is 0.650. The Kier molecular flexibility index (Phi) is 3.69. The predicted molar refractivity (Wildman–Crippen MR) is 84.7 cm³/mol. The summed E-state index contributed by atoms with van der Waals surface area (Å²) in [4.78, 5) is 11.7. The molecule has 3 aromatic rings. The third-order valence-electron chi connectivity index (χ3n) is 3.50. The summed E-state index contributed by atoms with van der Waals surface area (Å²) in [5.74, 6) is 0.875. The molecule has 0 heterocycles. The minimum Gasteiger partial charge on any atom is -0.488 e. The number of carbonyl (C=O) groups is 1. The van der Waals surface area contributed by atoms with E-state index in [1.807, 2.05) is 66.7 Å². The van der Waals surface area contributed by atoms with Crippen molar-refractivity contribution in [1.82, 2.24) is 0 Å². The molecule has 0 aromatic heterocycles. The molecule has 21 heavy (non-hydrogen) atoms. The molecule has 0 fully saturated rings. The highest BCUT2D eigenvalue weighted by Crippen LogP contribution is 2.29. The molecule has 3 rings (SSSR count). The fraction of sp³-hybridized carbons (Fsp3) is 0.105. The largest absolute Gasteiger partial charge is 0.488 e. The zero-order valence-electron chi connectivity index (χ0n) is 11.9. The van der Waals surface area contributed by atoms with Gasteiger partial charge in [-0.3, -0.25) is 4.79 Å². The van der Waals surface area contributed by atoms with Gasteiger partial charge >= 0.3 is 0 Å². The molecule has 0 spiro atoms. The number of hydrogen-bond acceptors (Lipinski definition) is 2. The van der Waals surface area contributed by atoms with Crippen LogP contribution < -0.4 is 4.74 Å². The van der Waals surface area contributed by atoms with Crippen LogP contribution >= 0.6 is 0 Å². The highest BCUT2D eigenvalue weighted by molar-refractivity contribution is 6.08. The van der Waals surface area contributed by atoms with Crippen LogP contribution in [-0.4, -0.2) is 5.78 Å². The molecule has 0 amide bonds. The number of ether oxygens (including phenoxy) is 1. The SMILES string of the molecule is CC(=O)c1ccc(OCc2ccccc2)c2ccccc12. The highest BCUT2D eigenvalue weighted by Gasteiger charge is 2.09. The standard InChI is InChI=1S/C19H16O2/c1-14(20)16-11-12-19(18-10-6-5-9-17(16)18)21-13-15-7-3-2-4-8-15/h2-12H,13H2,1H3. The van der Waals surface area contributed by atoms with E-state index >= 15 is 0 Å². The van der Waals surface area contributed by atoms with E-state index in [-0.39, 0.29) is 5.78 Å². The summed E-state index contributed by atoms with van der Waals surface area (Å²) < 4.78 is 5.93. The maximum Gasteiger partial charge on any atom is 0.160 e. The molecule has 2 heteroatoms. The lowest BCUT2D eigenvalue weighted by Gasteiger charge is -2.11. The van der Waals surface area contributed by atoms with Crippen LogP contribution in [0.5, 0.6) is 5.75 Å². The Balaban J connectivity index is 1.96. The maximum atomic E-state index is 11.7. The number of carbonyl (C=O) groups excluding carboxylic acids is 1. The molecule has 0 aliphatic heterocycles. The van der Waals surface area contributed by atoms with Gasteiger partial charge in [0.05, 0.1) is 0 Å². The molecule has 0 saturated heterocycles. The van der Waals surface area contributed by atoms with Gasteiger partial charge in [0.1, 0.15) is 12.4 Å². The van der Waals surface area contributed by atoms with E-state index in [1.54, 1.807) is 6.92 Å². The topological polar surface area (TPSA) is 26.3 Å². The molecule has 2 nitrogen and oxygen atoms in total. The molecule has 0 bridgehead atoms. The van der Waals surface area contributed by atoms with Gasteiger partial charge in [-0.1, -0.05) is 54.6 Å². The van der Waals surface area contributed by atoms with Gasteiger partial charge in [-0.2, -0.15) is 0 Å². The number of fused-ring (bicyclic) bond motifs is 1. The summed E-state index contributed by atoms with van der Waals surface area (Å²) in [6.45, 7) is 2.11. The molecule has 0 saturated carbocycles. The van der Waals surface area contributed by atoms with Crippen LogP contribution in [0.25, 0.3) is 10.8 Å². The average molecular weight is 276 g/mol. The van der Waals surface area contributed by atoms with Gasteiger partial charge in [-0.05, 0) is 30.0 Å². The lowest BCUT2D eigenvalue weighted by Crippen LogP contribution is -1.98. The van der Waals surface area contributed by atoms with Gasteiger partial charge in [0.25, 0.3) is 0 Å². The van der Waals surface area contributed by atoms with Crippen molar-refractivity contribution in [3.8, 4) is 5.75 Å². The lowest BCUT2D eigenvalue weighted by atomic mass is 10.0. The van der Waals surface area contributed by atoms with Crippen LogP contribution in [0.4, 0.5) is 0 Å². The maximum absolute atomic E-state index is 11.7. The summed E-state index contributed by atoms with van der Waals surface area (Å²) in [6.07, 6.45) is 0. The summed E-state index contributed by atoms with van der Waals surface area (Å²) in [5.41, 5.74) is 1.86. The second kappa shape index (κ2) is 5.80. The van der Waals surface area contributed by atoms with Crippen LogP contribution in [0.3, 0.4) is 0 Å². The van der Waals surface area contributed by atoms with E-state index in [2.05, 4.69) is 0 Å². The zero-order chi connectivity index (χ0) is 14.7. The lowest BCUT2D eigenvalue weighted by molar-refractivity contribution is 0.101. The Morgan fingerprint density at radius 1 is 0.857 bits per heavy atom. The number of ketones is 1. The second-order valence-electron chi connectivity index (χ2n) is 4.99. The van der Waals surface area contributed by atoms with Crippen molar-refractivity contribution in [2.24, 2.45) is 0 Å². The first-order valence-corrected chi connectivity index (χ1v) is 6.95. The molecular weight excluding hydrogens is 260 g/mol. The molecule has 0 radical (unpaired) electrons. The van der Waals surface area contributed by atoms with Gasteiger partial charge in [0.15, 0.2) is 5.78 Å². The molecule has 0 aliphatic rings. The summed E-state index contributed by atoms with van der Waals surface area (Å²) in [7, 11) is 0. The number of benzene rings is 3. The Morgan fingerprint density at radius 2 is 1.52 bits per heavy atom. The van der Waals surface area contributed by atoms with Crippen molar-refractivity contribution in [1.29, 1.82) is 0 Å². The summed E-state index contributed by atoms with van der Waals surface area (Å²) >= 11 is 0. The van der Waals surface area contributed by atoms with Crippen LogP contribution in [0, 0.1) is 0 Å². The van der Waals surface area contributed by atoms with Crippen molar-refractivity contribution >= 4 is 16.6 Å².